The Hall–Kier alpha value is -2.17. The third-order valence-electron chi connectivity index (χ3n) is 4.17. The largest absolute Gasteiger partial charge is 0.365 e. The van der Waals surface area contributed by atoms with Crippen LogP contribution in [0.4, 0.5) is 11.8 Å². The molecule has 1 saturated heterocycles. The summed E-state index contributed by atoms with van der Waals surface area (Å²) in [6.07, 6.45) is 4.08. The van der Waals surface area contributed by atoms with E-state index in [1.807, 2.05) is 0 Å². The molecular weight excluding hydrogens is 274 g/mol. The third kappa shape index (κ3) is 3.72. The molecule has 0 unspecified atom stereocenters. The van der Waals surface area contributed by atoms with Crippen molar-refractivity contribution in [1.29, 1.82) is 0 Å². The number of hydrogen-bond donors (Lipinski definition) is 1. The van der Waals surface area contributed by atoms with Crippen LogP contribution in [-0.2, 0) is 6.54 Å². The van der Waals surface area contributed by atoms with Gasteiger partial charge in [-0.25, -0.2) is 0 Å². The normalized spacial score (nSPS) is 15.8. The predicted molar refractivity (Wildman–Crippen MR) is 88.9 cm³/mol. The van der Waals surface area contributed by atoms with Gasteiger partial charge >= 0.3 is 0 Å². The Balaban J connectivity index is 1.64. The molecule has 0 bridgehead atoms. The quantitative estimate of drug-likeness (QED) is 0.940. The minimum absolute atomic E-state index is 0.737. The Morgan fingerprint density at radius 2 is 2.09 bits per heavy atom. The Morgan fingerprint density at radius 3 is 2.86 bits per heavy atom. The van der Waals surface area contributed by atoms with Gasteiger partial charge in [0.05, 0.1) is 6.20 Å². The van der Waals surface area contributed by atoms with Crippen LogP contribution in [0.15, 0.2) is 30.5 Å². The van der Waals surface area contributed by atoms with E-state index in [2.05, 4.69) is 63.5 Å². The zero-order valence-corrected chi connectivity index (χ0v) is 13.3. The first-order valence-electron chi connectivity index (χ1n) is 7.95. The molecule has 0 spiro atoms. The van der Waals surface area contributed by atoms with Crippen molar-refractivity contribution in [2.45, 2.75) is 33.2 Å². The first-order chi connectivity index (χ1) is 10.7. The summed E-state index contributed by atoms with van der Waals surface area (Å²) < 4.78 is 0. The summed E-state index contributed by atoms with van der Waals surface area (Å²) in [5, 5.41) is 11.6. The maximum Gasteiger partial charge on any atom is 0.247 e. The number of anilines is 2. The highest BCUT2D eigenvalue weighted by molar-refractivity contribution is 5.40. The van der Waals surface area contributed by atoms with Gasteiger partial charge in [0.25, 0.3) is 0 Å². The first-order valence-corrected chi connectivity index (χ1v) is 7.95. The topological polar surface area (TPSA) is 53.9 Å². The fraction of sp³-hybridized carbons (Fsp3) is 0.471. The lowest BCUT2D eigenvalue weighted by molar-refractivity contribution is 0.433. The van der Waals surface area contributed by atoms with Crippen molar-refractivity contribution in [2.24, 2.45) is 5.92 Å². The van der Waals surface area contributed by atoms with Crippen LogP contribution in [0.2, 0.25) is 0 Å². The summed E-state index contributed by atoms with van der Waals surface area (Å²) >= 11 is 0. The standard InChI is InChI=1S/C17H23N5/c1-13-6-8-22(9-7-13)17-20-16(12-19-21-17)18-11-15-5-3-4-14(2)10-15/h3-5,10,12-13H,6-9,11H2,1-2H3,(H,18,20,21). The highest BCUT2D eigenvalue weighted by Crippen LogP contribution is 2.20. The Kier molecular flexibility index (Phi) is 4.51. The van der Waals surface area contributed by atoms with Gasteiger partial charge in [-0.05, 0) is 31.2 Å². The molecule has 2 heterocycles. The highest BCUT2D eigenvalue weighted by Gasteiger charge is 2.18. The Bertz CT molecular complexity index is 620. The van der Waals surface area contributed by atoms with E-state index in [0.29, 0.717) is 0 Å². The summed E-state index contributed by atoms with van der Waals surface area (Å²) in [7, 11) is 0. The second kappa shape index (κ2) is 6.73. The molecule has 1 fully saturated rings. The molecule has 1 aliphatic rings. The predicted octanol–water partition coefficient (Wildman–Crippen LogP) is 3.03. The number of benzene rings is 1. The average Bonchev–Trinajstić information content (AvgIpc) is 2.54. The van der Waals surface area contributed by atoms with Crippen LogP contribution in [0.25, 0.3) is 0 Å². The van der Waals surface area contributed by atoms with Gasteiger partial charge in [0.1, 0.15) is 0 Å². The molecule has 0 radical (unpaired) electrons. The number of nitrogens with zero attached hydrogens (tertiary/aromatic N) is 4. The molecule has 5 nitrogen and oxygen atoms in total. The van der Waals surface area contributed by atoms with Crippen molar-refractivity contribution in [3.8, 4) is 0 Å². The molecule has 116 valence electrons. The van der Waals surface area contributed by atoms with Gasteiger partial charge in [-0.15, -0.1) is 5.10 Å². The molecule has 1 aliphatic heterocycles. The number of hydrogen-bond acceptors (Lipinski definition) is 5. The molecule has 0 saturated carbocycles. The van der Waals surface area contributed by atoms with E-state index in [-0.39, 0.29) is 0 Å². The molecule has 0 amide bonds. The third-order valence-corrected chi connectivity index (χ3v) is 4.17. The van der Waals surface area contributed by atoms with Crippen molar-refractivity contribution in [1.82, 2.24) is 15.2 Å². The van der Waals surface area contributed by atoms with Gasteiger partial charge in [0, 0.05) is 19.6 Å². The lowest BCUT2D eigenvalue weighted by Crippen LogP contribution is -2.34. The van der Waals surface area contributed by atoms with Crippen molar-refractivity contribution >= 4 is 11.8 Å². The molecular formula is C17H23N5. The number of nitrogens with one attached hydrogen (secondary N) is 1. The van der Waals surface area contributed by atoms with E-state index in [4.69, 9.17) is 0 Å². The lowest BCUT2D eigenvalue weighted by Gasteiger charge is -2.29. The molecule has 1 aromatic heterocycles. The molecule has 3 rings (SSSR count). The summed E-state index contributed by atoms with van der Waals surface area (Å²) in [5.74, 6) is 2.32. The number of rotatable bonds is 4. The van der Waals surface area contributed by atoms with E-state index >= 15 is 0 Å². The Morgan fingerprint density at radius 1 is 1.27 bits per heavy atom. The van der Waals surface area contributed by atoms with Gasteiger partial charge in [-0.3, -0.25) is 0 Å². The van der Waals surface area contributed by atoms with Gasteiger partial charge in [0.15, 0.2) is 5.82 Å². The van der Waals surface area contributed by atoms with Crippen LogP contribution in [-0.4, -0.2) is 28.3 Å². The van der Waals surface area contributed by atoms with Crippen molar-refractivity contribution in [3.63, 3.8) is 0 Å². The van der Waals surface area contributed by atoms with E-state index in [1.54, 1.807) is 6.20 Å². The number of aromatic nitrogens is 3. The smallest absolute Gasteiger partial charge is 0.247 e. The summed E-state index contributed by atoms with van der Waals surface area (Å²) in [6, 6.07) is 8.46. The fourth-order valence-electron chi connectivity index (χ4n) is 2.74. The molecule has 1 aromatic carbocycles. The maximum atomic E-state index is 4.60. The highest BCUT2D eigenvalue weighted by atomic mass is 15.3. The minimum atomic E-state index is 0.737. The monoisotopic (exact) mass is 297 g/mol. The van der Waals surface area contributed by atoms with E-state index in [0.717, 1.165) is 37.3 Å². The maximum absolute atomic E-state index is 4.60. The average molecular weight is 297 g/mol. The van der Waals surface area contributed by atoms with Gasteiger partial charge in [0.2, 0.25) is 5.95 Å². The van der Waals surface area contributed by atoms with E-state index in [9.17, 15) is 0 Å². The van der Waals surface area contributed by atoms with Crippen LogP contribution >= 0.6 is 0 Å². The molecule has 0 aliphatic carbocycles. The summed E-state index contributed by atoms with van der Waals surface area (Å²) in [4.78, 5) is 6.83. The second-order valence-electron chi connectivity index (χ2n) is 6.15. The van der Waals surface area contributed by atoms with E-state index in [1.165, 1.54) is 24.0 Å². The second-order valence-corrected chi connectivity index (χ2v) is 6.15. The number of piperidine rings is 1. The molecule has 22 heavy (non-hydrogen) atoms. The molecule has 0 atom stereocenters. The number of aryl methyl sites for hydroxylation is 1. The van der Waals surface area contributed by atoms with Crippen molar-refractivity contribution < 1.29 is 0 Å². The minimum Gasteiger partial charge on any atom is -0.365 e. The fourth-order valence-corrected chi connectivity index (χ4v) is 2.74. The van der Waals surface area contributed by atoms with Gasteiger partial charge in [-0.2, -0.15) is 10.1 Å². The SMILES string of the molecule is Cc1cccc(CNc2cnnc(N3CCC(C)CC3)n2)c1. The first kappa shape index (κ1) is 14.8. The van der Waals surface area contributed by atoms with Crippen LogP contribution in [0.5, 0.6) is 0 Å². The van der Waals surface area contributed by atoms with Crippen LogP contribution in [0, 0.1) is 12.8 Å². The molecule has 1 N–H and O–H groups in total. The zero-order chi connectivity index (χ0) is 15.4. The van der Waals surface area contributed by atoms with Crippen LogP contribution in [0.1, 0.15) is 30.9 Å². The van der Waals surface area contributed by atoms with Gasteiger partial charge in [-0.1, -0.05) is 36.8 Å². The van der Waals surface area contributed by atoms with E-state index < -0.39 is 0 Å². The summed E-state index contributed by atoms with van der Waals surface area (Å²) in [5.41, 5.74) is 2.51. The zero-order valence-electron chi connectivity index (χ0n) is 13.3. The Labute approximate surface area is 131 Å². The van der Waals surface area contributed by atoms with Crippen LogP contribution < -0.4 is 10.2 Å². The summed E-state index contributed by atoms with van der Waals surface area (Å²) in [6.45, 7) is 7.19. The van der Waals surface area contributed by atoms with Crippen molar-refractivity contribution in [3.05, 3.63) is 41.6 Å². The van der Waals surface area contributed by atoms with Crippen molar-refractivity contribution in [2.75, 3.05) is 23.3 Å². The molecule has 5 heteroatoms. The molecule has 2 aromatic rings. The lowest BCUT2D eigenvalue weighted by atomic mass is 10.00. The van der Waals surface area contributed by atoms with Gasteiger partial charge < -0.3 is 10.2 Å². The van der Waals surface area contributed by atoms with Crippen LogP contribution in [0.3, 0.4) is 0 Å².